The number of imide groups is 1. The second-order valence-electron chi connectivity index (χ2n) is 7.08. The number of halogens is 1. The number of nitrogens with one attached hydrogen (secondary N) is 1. The Balaban J connectivity index is 1.68. The Kier molecular flexibility index (Phi) is 7.22. The van der Waals surface area contributed by atoms with Crippen molar-refractivity contribution in [1.29, 1.82) is 0 Å². The molecule has 0 aromatic heterocycles. The molecule has 4 amide bonds. The van der Waals surface area contributed by atoms with Gasteiger partial charge in [-0.1, -0.05) is 35.4 Å². The highest BCUT2D eigenvalue weighted by atomic mass is 35.5. The van der Waals surface area contributed by atoms with E-state index in [0.717, 1.165) is 27.8 Å². The number of aryl methyl sites for hydroxylation is 2. The molecule has 0 unspecified atom stereocenters. The Morgan fingerprint density at radius 1 is 1.19 bits per heavy atom. The van der Waals surface area contributed by atoms with Gasteiger partial charge in [0.2, 0.25) is 5.91 Å². The van der Waals surface area contributed by atoms with Crippen molar-refractivity contribution in [2.45, 2.75) is 13.8 Å². The molecule has 2 aromatic rings. The molecular formula is C22H20ClN3O5S. The van der Waals surface area contributed by atoms with Crippen LogP contribution in [-0.4, -0.2) is 41.0 Å². The second kappa shape index (κ2) is 9.88. The average Bonchev–Trinajstić information content (AvgIpc) is 2.96. The van der Waals surface area contributed by atoms with E-state index < -0.39 is 29.5 Å². The molecule has 0 radical (unpaired) electrons. The summed E-state index contributed by atoms with van der Waals surface area (Å²) in [7, 11) is 0. The lowest BCUT2D eigenvalue weighted by Gasteiger charge is -2.14. The number of thioether (sulfide) groups is 1. The van der Waals surface area contributed by atoms with Crippen molar-refractivity contribution in [3.63, 3.8) is 0 Å². The number of carbonyl (C=O) groups is 4. The van der Waals surface area contributed by atoms with Gasteiger partial charge in [-0.15, -0.1) is 0 Å². The number of nitrogens with zero attached hydrogens (tertiary/aromatic N) is 1. The summed E-state index contributed by atoms with van der Waals surface area (Å²) >= 11 is 6.87. The molecule has 8 nitrogen and oxygen atoms in total. The van der Waals surface area contributed by atoms with Crippen molar-refractivity contribution in [3.05, 3.63) is 63.0 Å². The highest BCUT2D eigenvalue weighted by Gasteiger charge is 2.36. The highest BCUT2D eigenvalue weighted by Crippen LogP contribution is 2.33. The maximum absolute atomic E-state index is 12.7. The van der Waals surface area contributed by atoms with Gasteiger partial charge in [-0.3, -0.25) is 24.1 Å². The summed E-state index contributed by atoms with van der Waals surface area (Å²) in [6, 6.07) is 10.2. The van der Waals surface area contributed by atoms with Crippen molar-refractivity contribution in [2.75, 3.05) is 18.5 Å². The van der Waals surface area contributed by atoms with Crippen LogP contribution in [0.25, 0.3) is 6.08 Å². The minimum absolute atomic E-state index is 0.163. The molecule has 1 heterocycles. The van der Waals surface area contributed by atoms with Crippen molar-refractivity contribution < 1.29 is 23.9 Å². The van der Waals surface area contributed by atoms with E-state index in [0.29, 0.717) is 11.3 Å². The van der Waals surface area contributed by atoms with Crippen LogP contribution in [0.15, 0.2) is 41.3 Å². The molecule has 32 heavy (non-hydrogen) atoms. The number of rotatable bonds is 7. The Labute approximate surface area is 193 Å². The number of hydrogen-bond acceptors (Lipinski definition) is 6. The van der Waals surface area contributed by atoms with Crippen molar-refractivity contribution in [1.82, 2.24) is 4.90 Å². The number of anilines is 1. The fourth-order valence-corrected chi connectivity index (χ4v) is 4.03. The van der Waals surface area contributed by atoms with Gasteiger partial charge in [-0.05, 0) is 61.0 Å². The van der Waals surface area contributed by atoms with E-state index >= 15 is 0 Å². The second-order valence-corrected chi connectivity index (χ2v) is 8.48. The van der Waals surface area contributed by atoms with Crippen LogP contribution in [0.5, 0.6) is 5.75 Å². The Bertz CT molecular complexity index is 1150. The van der Waals surface area contributed by atoms with Gasteiger partial charge in [-0.25, -0.2) is 0 Å². The molecule has 1 saturated heterocycles. The molecule has 3 rings (SSSR count). The number of nitrogens with two attached hydrogens (primary N) is 1. The third kappa shape index (κ3) is 5.68. The lowest BCUT2D eigenvalue weighted by molar-refractivity contribution is -0.127. The predicted molar refractivity (Wildman–Crippen MR) is 123 cm³/mol. The summed E-state index contributed by atoms with van der Waals surface area (Å²) in [5, 5.41) is 2.40. The van der Waals surface area contributed by atoms with Crippen molar-refractivity contribution in [2.24, 2.45) is 5.73 Å². The van der Waals surface area contributed by atoms with Gasteiger partial charge in [0.25, 0.3) is 17.1 Å². The highest BCUT2D eigenvalue weighted by molar-refractivity contribution is 8.18. The molecule has 1 fully saturated rings. The van der Waals surface area contributed by atoms with Crippen LogP contribution in [0.4, 0.5) is 10.5 Å². The number of primary amides is 1. The molecule has 0 atom stereocenters. The minimum Gasteiger partial charge on any atom is -0.482 e. The summed E-state index contributed by atoms with van der Waals surface area (Å²) in [6.07, 6.45) is 1.50. The van der Waals surface area contributed by atoms with Crippen LogP contribution in [0.3, 0.4) is 0 Å². The number of ether oxygens (including phenoxy) is 1. The van der Waals surface area contributed by atoms with Gasteiger partial charge in [0.05, 0.1) is 9.93 Å². The summed E-state index contributed by atoms with van der Waals surface area (Å²) in [4.78, 5) is 49.3. The monoisotopic (exact) mass is 473 g/mol. The molecule has 1 aliphatic rings. The zero-order valence-corrected chi connectivity index (χ0v) is 18.9. The van der Waals surface area contributed by atoms with E-state index in [1.165, 1.54) is 18.2 Å². The largest absolute Gasteiger partial charge is 0.482 e. The first-order valence-electron chi connectivity index (χ1n) is 9.47. The van der Waals surface area contributed by atoms with Crippen LogP contribution >= 0.6 is 23.4 Å². The zero-order chi connectivity index (χ0) is 23.4. The lowest BCUT2D eigenvalue weighted by atomic mass is 10.1. The van der Waals surface area contributed by atoms with E-state index in [9.17, 15) is 19.2 Å². The van der Waals surface area contributed by atoms with Crippen LogP contribution in [-0.2, 0) is 14.4 Å². The summed E-state index contributed by atoms with van der Waals surface area (Å²) in [6.45, 7) is 3.10. The lowest BCUT2D eigenvalue weighted by Crippen LogP contribution is -2.36. The number of hydrogen-bond donors (Lipinski definition) is 2. The van der Waals surface area contributed by atoms with Crippen LogP contribution in [0, 0.1) is 13.8 Å². The van der Waals surface area contributed by atoms with E-state index in [4.69, 9.17) is 22.1 Å². The first kappa shape index (κ1) is 23.4. The number of benzene rings is 2. The van der Waals surface area contributed by atoms with E-state index in [-0.39, 0.29) is 22.3 Å². The number of carbonyl (C=O) groups excluding carboxylic acids is 4. The first-order chi connectivity index (χ1) is 15.1. The Morgan fingerprint density at radius 3 is 2.59 bits per heavy atom. The minimum atomic E-state index is -0.639. The summed E-state index contributed by atoms with van der Waals surface area (Å²) in [5.74, 6) is -1.42. The molecular weight excluding hydrogens is 454 g/mol. The molecule has 10 heteroatoms. The molecule has 0 saturated carbocycles. The SMILES string of the molecule is Cc1ccc(NC(=O)CN2C(=O)SC(=Cc3ccc(OCC(N)=O)c(Cl)c3)C2=O)c(C)c1. The van der Waals surface area contributed by atoms with Gasteiger partial charge in [0.15, 0.2) is 6.61 Å². The maximum Gasteiger partial charge on any atom is 0.294 e. The van der Waals surface area contributed by atoms with Gasteiger partial charge in [0.1, 0.15) is 12.3 Å². The third-order valence-electron chi connectivity index (χ3n) is 4.45. The van der Waals surface area contributed by atoms with Crippen LogP contribution < -0.4 is 15.8 Å². The van der Waals surface area contributed by atoms with E-state index in [2.05, 4.69) is 5.32 Å². The van der Waals surface area contributed by atoms with Crippen LogP contribution in [0.2, 0.25) is 5.02 Å². The third-order valence-corrected chi connectivity index (χ3v) is 5.66. The smallest absolute Gasteiger partial charge is 0.294 e. The fraction of sp³-hybridized carbons (Fsp3) is 0.182. The molecule has 166 valence electrons. The first-order valence-corrected chi connectivity index (χ1v) is 10.7. The van der Waals surface area contributed by atoms with E-state index in [1.807, 2.05) is 26.0 Å². The summed E-state index contributed by atoms with van der Waals surface area (Å²) in [5.41, 5.74) is 8.15. The van der Waals surface area contributed by atoms with Crippen molar-refractivity contribution >= 4 is 58.1 Å². The maximum atomic E-state index is 12.7. The van der Waals surface area contributed by atoms with Crippen LogP contribution in [0.1, 0.15) is 16.7 Å². The summed E-state index contributed by atoms with van der Waals surface area (Å²) < 4.78 is 5.18. The Hall–Kier alpha value is -3.30. The van der Waals surface area contributed by atoms with Gasteiger partial charge >= 0.3 is 0 Å². The molecule has 3 N–H and O–H groups in total. The zero-order valence-electron chi connectivity index (χ0n) is 17.3. The molecule has 0 bridgehead atoms. The normalized spacial score (nSPS) is 14.7. The molecule has 0 spiro atoms. The average molecular weight is 474 g/mol. The predicted octanol–water partition coefficient (Wildman–Crippen LogP) is 3.50. The number of amides is 4. The topological polar surface area (TPSA) is 119 Å². The molecule has 1 aliphatic heterocycles. The van der Waals surface area contributed by atoms with Gasteiger partial charge < -0.3 is 15.8 Å². The van der Waals surface area contributed by atoms with Crippen molar-refractivity contribution in [3.8, 4) is 5.75 Å². The molecule has 2 aromatic carbocycles. The molecule has 0 aliphatic carbocycles. The quantitative estimate of drug-likeness (QED) is 0.594. The Morgan fingerprint density at radius 2 is 1.94 bits per heavy atom. The van der Waals surface area contributed by atoms with Gasteiger partial charge in [0, 0.05) is 5.69 Å². The standard InChI is InChI=1S/C22H20ClN3O5S/c1-12-3-5-16(13(2)7-12)25-20(28)10-26-21(29)18(32-22(26)30)9-14-4-6-17(15(23)8-14)31-11-19(24)27/h3-9H,10-11H2,1-2H3,(H2,24,27)(H,25,28). The van der Waals surface area contributed by atoms with Gasteiger partial charge in [-0.2, -0.15) is 0 Å². The van der Waals surface area contributed by atoms with E-state index in [1.54, 1.807) is 12.1 Å². The fourth-order valence-electron chi connectivity index (χ4n) is 2.95.